The molecule has 1 aromatic heterocycles. The highest BCUT2D eigenvalue weighted by Gasteiger charge is 2.09. The van der Waals surface area contributed by atoms with Gasteiger partial charge in [-0.1, -0.05) is 61.5 Å². The summed E-state index contributed by atoms with van der Waals surface area (Å²) in [5.41, 5.74) is 2.70. The fourth-order valence-electron chi connectivity index (χ4n) is 2.44. The molecule has 0 bridgehead atoms. The summed E-state index contributed by atoms with van der Waals surface area (Å²) in [4.78, 5) is 17.6. The number of non-ortho nitro benzene ring substituents is 1. The highest BCUT2D eigenvalue weighted by atomic mass is 32.2. The van der Waals surface area contributed by atoms with Gasteiger partial charge in [0, 0.05) is 53.4 Å². The van der Waals surface area contributed by atoms with Crippen molar-refractivity contribution in [1.29, 1.82) is 0 Å². The molecule has 0 amide bonds. The van der Waals surface area contributed by atoms with Crippen LogP contribution in [-0.4, -0.2) is 17.0 Å². The van der Waals surface area contributed by atoms with Gasteiger partial charge < -0.3 is 10.2 Å². The van der Waals surface area contributed by atoms with Crippen LogP contribution >= 0.6 is 11.9 Å². The Hall–Kier alpha value is -3.10. The minimum absolute atomic E-state index is 0.0666. The summed E-state index contributed by atoms with van der Waals surface area (Å²) < 4.78 is 0. The fraction of sp³-hybridized carbons (Fsp3) is 0.346. The molecule has 0 atom stereocenters. The molecule has 0 radical (unpaired) electrons. The van der Waals surface area contributed by atoms with Crippen LogP contribution in [0.2, 0.25) is 0 Å². The molecule has 2 aromatic carbocycles. The quantitative estimate of drug-likeness (QED) is 0.204. The topological polar surface area (TPSA) is 97.3 Å². The van der Waals surface area contributed by atoms with E-state index in [-0.39, 0.29) is 5.69 Å². The zero-order valence-electron chi connectivity index (χ0n) is 22.0. The van der Waals surface area contributed by atoms with Crippen LogP contribution in [-0.2, 0) is 0 Å². The normalized spacial score (nSPS) is 8.65. The molecule has 8 heteroatoms. The summed E-state index contributed by atoms with van der Waals surface area (Å²) in [6.45, 7) is 16.0. The third kappa shape index (κ3) is 11.2. The second-order valence-electron chi connectivity index (χ2n) is 5.50. The average molecular weight is 488 g/mol. The molecule has 0 unspecified atom stereocenters. The standard InChI is InChI=1S/C18H17N5O2S.4C2H6/c1-22(14-5-7-15(8-6-14)23(24)25)16-9-10-20-18(12-16)21-13-3-2-4-17(11-13)26-19;4*1-2/h2-12H,19H2,1H3,(H,20,21);4*1-2H3. The van der Waals surface area contributed by atoms with Crippen LogP contribution in [0.4, 0.5) is 28.6 Å². The lowest BCUT2D eigenvalue weighted by Crippen LogP contribution is -2.10. The predicted octanol–water partition coefficient (Wildman–Crippen LogP) is 8.57. The largest absolute Gasteiger partial charge is 0.344 e. The first-order valence-electron chi connectivity index (χ1n) is 11.7. The van der Waals surface area contributed by atoms with E-state index in [1.54, 1.807) is 18.3 Å². The maximum absolute atomic E-state index is 10.8. The number of hydrogen-bond donors (Lipinski definition) is 2. The molecule has 7 nitrogen and oxygen atoms in total. The third-order valence-electron chi connectivity index (χ3n) is 3.82. The summed E-state index contributed by atoms with van der Waals surface area (Å²) in [7, 11) is 1.89. The average Bonchev–Trinajstić information content (AvgIpc) is 2.93. The summed E-state index contributed by atoms with van der Waals surface area (Å²) in [5.74, 6) is 0.690. The number of aromatic nitrogens is 1. The van der Waals surface area contributed by atoms with Crippen molar-refractivity contribution in [2.75, 3.05) is 17.3 Å². The SMILES string of the molecule is CC.CC.CC.CC.CN(c1ccc([N+](=O)[O-])cc1)c1ccnc(Nc2cccc(SN)c2)c1. The van der Waals surface area contributed by atoms with Gasteiger partial charge in [-0.2, -0.15) is 0 Å². The Labute approximate surface area is 210 Å². The van der Waals surface area contributed by atoms with Crippen LogP contribution < -0.4 is 15.4 Å². The van der Waals surface area contributed by atoms with Crippen LogP contribution in [0, 0.1) is 10.1 Å². The molecule has 0 aliphatic heterocycles. The zero-order valence-corrected chi connectivity index (χ0v) is 22.8. The van der Waals surface area contributed by atoms with Crippen molar-refractivity contribution in [3.05, 3.63) is 77.0 Å². The lowest BCUT2D eigenvalue weighted by atomic mass is 10.2. The summed E-state index contributed by atoms with van der Waals surface area (Å²) in [5, 5.41) is 19.6. The van der Waals surface area contributed by atoms with Crippen molar-refractivity contribution < 1.29 is 4.92 Å². The van der Waals surface area contributed by atoms with Gasteiger partial charge >= 0.3 is 0 Å². The number of anilines is 4. The molecule has 3 aromatic rings. The molecule has 0 fully saturated rings. The number of nitrogens with zero attached hydrogens (tertiary/aromatic N) is 3. The van der Waals surface area contributed by atoms with Crippen LogP contribution in [0.1, 0.15) is 55.4 Å². The smallest absolute Gasteiger partial charge is 0.269 e. The second kappa shape index (κ2) is 20.5. The third-order valence-corrected chi connectivity index (χ3v) is 4.35. The molecule has 0 aliphatic rings. The Morgan fingerprint density at radius 1 is 0.882 bits per heavy atom. The van der Waals surface area contributed by atoms with E-state index >= 15 is 0 Å². The van der Waals surface area contributed by atoms with Crippen molar-refractivity contribution >= 4 is 40.5 Å². The van der Waals surface area contributed by atoms with Gasteiger partial charge in [0.05, 0.1) is 4.92 Å². The molecular weight excluding hydrogens is 446 g/mol. The van der Waals surface area contributed by atoms with Gasteiger partial charge in [0.2, 0.25) is 0 Å². The first-order chi connectivity index (χ1) is 16.6. The first kappa shape index (κ1) is 33.1. The van der Waals surface area contributed by atoms with Crippen LogP contribution in [0.25, 0.3) is 0 Å². The van der Waals surface area contributed by atoms with E-state index in [9.17, 15) is 10.1 Å². The summed E-state index contributed by atoms with van der Waals surface area (Å²) >= 11 is 1.19. The highest BCUT2D eigenvalue weighted by Crippen LogP contribution is 2.28. The van der Waals surface area contributed by atoms with E-state index in [4.69, 9.17) is 5.14 Å². The minimum Gasteiger partial charge on any atom is -0.344 e. The fourth-order valence-corrected chi connectivity index (χ4v) is 2.79. The monoisotopic (exact) mass is 487 g/mol. The van der Waals surface area contributed by atoms with E-state index < -0.39 is 4.92 Å². The maximum atomic E-state index is 10.8. The van der Waals surface area contributed by atoms with Gasteiger partial charge in [-0.25, -0.2) is 4.98 Å². The Bertz CT molecular complexity index is 921. The summed E-state index contributed by atoms with van der Waals surface area (Å²) in [6, 6.07) is 17.9. The van der Waals surface area contributed by atoms with Gasteiger partial charge in [0.15, 0.2) is 0 Å². The number of nitro groups is 1. The number of pyridine rings is 1. The van der Waals surface area contributed by atoms with E-state index in [0.717, 1.165) is 22.0 Å². The summed E-state index contributed by atoms with van der Waals surface area (Å²) in [6.07, 6.45) is 1.71. The van der Waals surface area contributed by atoms with Crippen molar-refractivity contribution in [3.8, 4) is 0 Å². The molecule has 0 saturated carbocycles. The number of nitro benzene ring substituents is 1. The first-order valence-corrected chi connectivity index (χ1v) is 12.6. The van der Waals surface area contributed by atoms with Crippen molar-refractivity contribution in [2.45, 2.75) is 60.3 Å². The highest BCUT2D eigenvalue weighted by molar-refractivity contribution is 7.97. The van der Waals surface area contributed by atoms with Crippen LogP contribution in [0.15, 0.2) is 71.8 Å². The number of nitrogens with two attached hydrogens (primary N) is 1. The van der Waals surface area contributed by atoms with E-state index in [1.165, 1.54) is 24.1 Å². The second-order valence-corrected chi connectivity index (χ2v) is 6.21. The molecule has 1 heterocycles. The van der Waals surface area contributed by atoms with Gasteiger partial charge in [-0.15, -0.1) is 0 Å². The number of benzene rings is 2. The molecule has 0 aliphatic carbocycles. The number of nitrogens with one attached hydrogen (secondary N) is 1. The van der Waals surface area contributed by atoms with Gasteiger partial charge in [0.1, 0.15) is 5.82 Å². The molecule has 3 rings (SSSR count). The zero-order chi connectivity index (χ0) is 26.5. The number of hydrogen-bond acceptors (Lipinski definition) is 7. The molecule has 0 saturated heterocycles. The Kier molecular flexibility index (Phi) is 19.9. The molecule has 188 valence electrons. The van der Waals surface area contributed by atoms with Crippen molar-refractivity contribution in [2.24, 2.45) is 5.14 Å². The van der Waals surface area contributed by atoms with Gasteiger partial charge in [0.25, 0.3) is 5.69 Å². The molecular formula is C26H41N5O2S. The predicted molar refractivity (Wildman–Crippen MR) is 151 cm³/mol. The van der Waals surface area contributed by atoms with Crippen molar-refractivity contribution in [3.63, 3.8) is 0 Å². The van der Waals surface area contributed by atoms with Gasteiger partial charge in [-0.3, -0.25) is 15.3 Å². The Morgan fingerprint density at radius 3 is 2.00 bits per heavy atom. The van der Waals surface area contributed by atoms with Crippen LogP contribution in [0.3, 0.4) is 0 Å². The molecule has 3 N–H and O–H groups in total. The molecule has 34 heavy (non-hydrogen) atoms. The van der Waals surface area contributed by atoms with Crippen molar-refractivity contribution in [1.82, 2.24) is 4.98 Å². The van der Waals surface area contributed by atoms with E-state index in [2.05, 4.69) is 10.3 Å². The lowest BCUT2D eigenvalue weighted by Gasteiger charge is -2.20. The van der Waals surface area contributed by atoms with Crippen LogP contribution in [0.5, 0.6) is 0 Å². The van der Waals surface area contributed by atoms with E-state index in [1.807, 2.05) is 104 Å². The maximum Gasteiger partial charge on any atom is 0.269 e. The minimum atomic E-state index is -0.411. The van der Waals surface area contributed by atoms with E-state index in [0.29, 0.717) is 5.82 Å². The Morgan fingerprint density at radius 2 is 1.47 bits per heavy atom. The lowest BCUT2D eigenvalue weighted by molar-refractivity contribution is -0.384. The molecule has 0 spiro atoms. The Balaban J connectivity index is 0. The van der Waals surface area contributed by atoms with Gasteiger partial charge in [-0.05, 0) is 48.3 Å². The number of rotatable bonds is 6.